The van der Waals surface area contributed by atoms with Crippen LogP contribution in [0.4, 0.5) is 11.4 Å². The van der Waals surface area contributed by atoms with Gasteiger partial charge in [0, 0.05) is 12.2 Å². The van der Waals surface area contributed by atoms with Crippen molar-refractivity contribution in [3.05, 3.63) is 24.3 Å². The molecular weight excluding hydrogens is 394 g/mol. The normalized spacial score (nSPS) is 27.3. The Morgan fingerprint density at radius 1 is 1.24 bits per heavy atom. The first kappa shape index (κ1) is 19.8. The molecule has 29 heavy (non-hydrogen) atoms. The topological polar surface area (TPSA) is 96.0 Å². The molecule has 154 valence electrons. The van der Waals surface area contributed by atoms with E-state index in [4.69, 9.17) is 4.74 Å². The van der Waals surface area contributed by atoms with E-state index in [0.717, 1.165) is 0 Å². The molecule has 3 aliphatic rings. The summed E-state index contributed by atoms with van der Waals surface area (Å²) in [7, 11) is 0. The number of rotatable bonds is 3. The fourth-order valence-corrected chi connectivity index (χ4v) is 5.60. The van der Waals surface area contributed by atoms with Gasteiger partial charge in [-0.3, -0.25) is 19.3 Å². The third-order valence-electron chi connectivity index (χ3n) is 5.81. The third-order valence-corrected chi connectivity index (χ3v) is 7.32. The summed E-state index contributed by atoms with van der Waals surface area (Å²) < 4.78 is 5.32. The highest BCUT2D eigenvalue weighted by molar-refractivity contribution is 8.01. The molecule has 1 aromatic carbocycles. The number of carbonyl (C=O) groups is 4. The molecule has 0 saturated carbocycles. The number of ether oxygens (including phenoxy) is 1. The van der Waals surface area contributed by atoms with Gasteiger partial charge in [-0.2, -0.15) is 0 Å². The van der Waals surface area contributed by atoms with Gasteiger partial charge in [0.25, 0.3) is 5.91 Å². The van der Waals surface area contributed by atoms with Crippen molar-refractivity contribution in [2.45, 2.75) is 50.1 Å². The zero-order valence-electron chi connectivity index (χ0n) is 16.6. The van der Waals surface area contributed by atoms with E-state index < -0.39 is 30.1 Å². The maximum absolute atomic E-state index is 13.0. The Labute approximate surface area is 172 Å². The van der Waals surface area contributed by atoms with Crippen molar-refractivity contribution in [3.63, 3.8) is 0 Å². The average Bonchev–Trinajstić information content (AvgIpc) is 3.16. The summed E-state index contributed by atoms with van der Waals surface area (Å²) in [6.45, 7) is 4.73. The fraction of sp³-hybridized carbons (Fsp3) is 0.500. The molecule has 0 unspecified atom stereocenters. The van der Waals surface area contributed by atoms with Crippen LogP contribution >= 0.6 is 11.8 Å². The van der Waals surface area contributed by atoms with E-state index in [0.29, 0.717) is 30.0 Å². The molecule has 3 heterocycles. The predicted molar refractivity (Wildman–Crippen MR) is 108 cm³/mol. The molecule has 3 aliphatic heterocycles. The van der Waals surface area contributed by atoms with Crippen molar-refractivity contribution in [3.8, 4) is 0 Å². The van der Waals surface area contributed by atoms with Crippen LogP contribution in [0.3, 0.4) is 0 Å². The van der Waals surface area contributed by atoms with Gasteiger partial charge in [0.1, 0.15) is 11.6 Å². The number of nitrogens with zero attached hydrogens (tertiary/aromatic N) is 2. The van der Waals surface area contributed by atoms with E-state index in [9.17, 15) is 19.2 Å². The summed E-state index contributed by atoms with van der Waals surface area (Å²) in [5, 5.41) is 2.79. The predicted octanol–water partition coefficient (Wildman–Crippen LogP) is 1.75. The molecule has 2 atom stereocenters. The summed E-state index contributed by atoms with van der Waals surface area (Å²) >= 11 is 1.56. The maximum Gasteiger partial charge on any atom is 0.330 e. The molecule has 3 amide bonds. The molecule has 1 aromatic rings. The second kappa shape index (κ2) is 6.76. The smallest absolute Gasteiger partial charge is 0.330 e. The Balaban J connectivity index is 1.49. The SMILES string of the molecule is CC1(C)C(=O)Nc2ccccc2N1C(=O)COC(=O)[C@H]1CS[C@@]2(C)CCC(=O)N12. The van der Waals surface area contributed by atoms with E-state index in [1.165, 1.54) is 4.90 Å². The van der Waals surface area contributed by atoms with Crippen molar-refractivity contribution in [1.29, 1.82) is 0 Å². The minimum atomic E-state index is -1.13. The van der Waals surface area contributed by atoms with Crippen molar-refractivity contribution in [2.75, 3.05) is 22.6 Å². The number of fused-ring (bicyclic) bond motifs is 2. The van der Waals surface area contributed by atoms with Crippen LogP contribution in [0.15, 0.2) is 24.3 Å². The molecule has 2 saturated heterocycles. The first-order valence-electron chi connectivity index (χ1n) is 9.51. The number of thioether (sulfide) groups is 1. The van der Waals surface area contributed by atoms with Crippen LogP contribution in [0.25, 0.3) is 0 Å². The molecule has 0 radical (unpaired) electrons. The summed E-state index contributed by atoms with van der Waals surface area (Å²) in [4.78, 5) is 52.9. The Kier molecular flexibility index (Phi) is 4.60. The molecule has 1 N–H and O–H groups in total. The number of carbonyl (C=O) groups excluding carboxylic acids is 4. The van der Waals surface area contributed by atoms with Crippen LogP contribution in [0.5, 0.6) is 0 Å². The minimum Gasteiger partial charge on any atom is -0.454 e. The monoisotopic (exact) mass is 417 g/mol. The van der Waals surface area contributed by atoms with Crippen LogP contribution in [-0.2, 0) is 23.9 Å². The Hall–Kier alpha value is -2.55. The highest BCUT2D eigenvalue weighted by atomic mass is 32.2. The summed E-state index contributed by atoms with van der Waals surface area (Å²) in [6.07, 6.45) is 1.12. The number of amides is 3. The zero-order chi connectivity index (χ0) is 21.0. The van der Waals surface area contributed by atoms with Crippen molar-refractivity contribution in [2.24, 2.45) is 0 Å². The summed E-state index contributed by atoms with van der Waals surface area (Å²) in [5.41, 5.74) is -0.0520. The lowest BCUT2D eigenvalue weighted by Crippen LogP contribution is -2.59. The number of hydrogen-bond donors (Lipinski definition) is 1. The lowest BCUT2D eigenvalue weighted by Gasteiger charge is -2.41. The lowest BCUT2D eigenvalue weighted by atomic mass is 9.96. The van der Waals surface area contributed by atoms with Gasteiger partial charge in [-0.25, -0.2) is 4.79 Å². The quantitative estimate of drug-likeness (QED) is 0.753. The fourth-order valence-electron chi connectivity index (χ4n) is 4.19. The van der Waals surface area contributed by atoms with Gasteiger partial charge < -0.3 is 15.0 Å². The van der Waals surface area contributed by atoms with Crippen LogP contribution in [0.1, 0.15) is 33.6 Å². The number of hydrogen-bond acceptors (Lipinski definition) is 6. The van der Waals surface area contributed by atoms with E-state index >= 15 is 0 Å². The number of para-hydroxylation sites is 2. The number of anilines is 2. The van der Waals surface area contributed by atoms with E-state index in [1.807, 2.05) is 6.92 Å². The first-order chi connectivity index (χ1) is 13.6. The first-order valence-corrected chi connectivity index (χ1v) is 10.5. The van der Waals surface area contributed by atoms with E-state index in [1.54, 1.807) is 54.8 Å². The van der Waals surface area contributed by atoms with Crippen molar-refractivity contribution < 1.29 is 23.9 Å². The van der Waals surface area contributed by atoms with Crippen LogP contribution in [0, 0.1) is 0 Å². The molecule has 2 fully saturated rings. The Morgan fingerprint density at radius 2 is 1.97 bits per heavy atom. The Morgan fingerprint density at radius 3 is 2.72 bits per heavy atom. The van der Waals surface area contributed by atoms with Gasteiger partial charge in [0.05, 0.1) is 16.2 Å². The molecule has 8 nitrogen and oxygen atoms in total. The highest BCUT2D eigenvalue weighted by Crippen LogP contribution is 2.47. The average molecular weight is 417 g/mol. The summed E-state index contributed by atoms with van der Waals surface area (Å²) in [5.74, 6) is -1.00. The number of nitrogens with one attached hydrogen (secondary N) is 1. The molecule has 0 aromatic heterocycles. The van der Waals surface area contributed by atoms with E-state index in [2.05, 4.69) is 5.32 Å². The molecule has 0 aliphatic carbocycles. The molecule has 0 spiro atoms. The second-order valence-corrected chi connectivity index (χ2v) is 9.63. The largest absolute Gasteiger partial charge is 0.454 e. The Bertz CT molecular complexity index is 917. The third kappa shape index (κ3) is 3.08. The zero-order valence-corrected chi connectivity index (χ0v) is 17.4. The van der Waals surface area contributed by atoms with Gasteiger partial charge in [0.15, 0.2) is 6.61 Å². The molecular formula is C20H23N3O5S. The highest BCUT2D eigenvalue weighted by Gasteiger charge is 2.53. The molecule has 4 rings (SSSR count). The van der Waals surface area contributed by atoms with Crippen molar-refractivity contribution in [1.82, 2.24) is 4.90 Å². The van der Waals surface area contributed by atoms with Crippen molar-refractivity contribution >= 4 is 46.8 Å². The number of esters is 1. The van der Waals surface area contributed by atoms with Gasteiger partial charge in [-0.05, 0) is 39.3 Å². The lowest BCUT2D eigenvalue weighted by molar-refractivity contribution is -0.156. The second-order valence-electron chi connectivity index (χ2n) is 8.13. The van der Waals surface area contributed by atoms with Crippen LogP contribution in [-0.4, -0.2) is 57.4 Å². The standard InChI is InChI=1S/C20H23N3O5S/c1-19(2)18(27)21-12-6-4-5-7-13(12)22(19)16(25)10-28-17(26)14-11-29-20(3)9-8-15(24)23(14)20/h4-7,14H,8-11H2,1-3H3,(H,21,27)/t14-,20+/m1/s1. The van der Waals surface area contributed by atoms with Gasteiger partial charge in [0.2, 0.25) is 11.8 Å². The van der Waals surface area contributed by atoms with Gasteiger partial charge in [-0.1, -0.05) is 12.1 Å². The summed E-state index contributed by atoms with van der Waals surface area (Å²) in [6, 6.07) is 6.30. The number of benzene rings is 1. The molecule has 0 bridgehead atoms. The minimum absolute atomic E-state index is 0.0615. The van der Waals surface area contributed by atoms with Gasteiger partial charge >= 0.3 is 5.97 Å². The molecule has 9 heteroatoms. The van der Waals surface area contributed by atoms with Gasteiger partial charge in [-0.15, -0.1) is 11.8 Å². The van der Waals surface area contributed by atoms with Crippen LogP contribution < -0.4 is 10.2 Å². The van der Waals surface area contributed by atoms with Crippen LogP contribution in [0.2, 0.25) is 0 Å². The van der Waals surface area contributed by atoms with E-state index in [-0.39, 0.29) is 16.7 Å². The maximum atomic E-state index is 13.0.